The largest absolute Gasteiger partial charge is 0.495 e. The Kier molecular flexibility index (Phi) is 7.07. The molecule has 0 aromatic heterocycles. The summed E-state index contributed by atoms with van der Waals surface area (Å²) in [5.74, 6) is 0.0296. The molecule has 2 aromatic carbocycles. The molecule has 0 unspecified atom stereocenters. The first kappa shape index (κ1) is 20.6. The molecule has 144 valence electrons. The van der Waals surface area contributed by atoms with Crippen LogP contribution in [0.25, 0.3) is 0 Å². The van der Waals surface area contributed by atoms with E-state index in [0.29, 0.717) is 22.2 Å². The summed E-state index contributed by atoms with van der Waals surface area (Å²) in [5, 5.41) is 3.00. The summed E-state index contributed by atoms with van der Waals surface area (Å²) in [6.45, 7) is 4.99. The highest BCUT2D eigenvalue weighted by molar-refractivity contribution is 6.32. The third kappa shape index (κ3) is 5.62. The number of esters is 1. The van der Waals surface area contributed by atoms with Crippen molar-refractivity contribution in [3.8, 4) is 11.5 Å². The lowest BCUT2D eigenvalue weighted by atomic mass is 10.1. The van der Waals surface area contributed by atoms with Crippen molar-refractivity contribution in [1.82, 2.24) is 0 Å². The summed E-state index contributed by atoms with van der Waals surface area (Å²) in [6, 6.07) is 10.5. The number of ether oxygens (including phenoxy) is 3. The molecule has 0 heterocycles. The molecule has 6 nitrogen and oxygen atoms in total. The number of halogens is 1. The molecule has 0 aliphatic heterocycles. The lowest BCUT2D eigenvalue weighted by Gasteiger charge is -2.15. The van der Waals surface area contributed by atoms with Crippen molar-refractivity contribution >= 4 is 29.2 Å². The number of nitrogens with one attached hydrogen (secondary N) is 1. The first-order valence-electron chi connectivity index (χ1n) is 8.34. The molecular weight excluding hydrogens is 370 g/mol. The van der Waals surface area contributed by atoms with Crippen LogP contribution in [0.15, 0.2) is 36.4 Å². The van der Waals surface area contributed by atoms with E-state index in [4.69, 9.17) is 25.8 Å². The molecule has 0 saturated carbocycles. The number of methoxy groups -OCH3 is 1. The van der Waals surface area contributed by atoms with Crippen molar-refractivity contribution < 1.29 is 23.8 Å². The van der Waals surface area contributed by atoms with Crippen LogP contribution in [-0.2, 0) is 14.3 Å². The average Bonchev–Trinajstić information content (AvgIpc) is 2.61. The lowest BCUT2D eigenvalue weighted by Crippen LogP contribution is -2.31. The molecule has 0 radical (unpaired) electrons. The molecule has 0 fully saturated rings. The van der Waals surface area contributed by atoms with E-state index >= 15 is 0 Å². The summed E-state index contributed by atoms with van der Waals surface area (Å²) in [4.78, 5) is 24.2. The molecule has 7 heteroatoms. The van der Waals surface area contributed by atoms with Gasteiger partial charge in [0, 0.05) is 5.69 Å². The monoisotopic (exact) mass is 391 g/mol. The van der Waals surface area contributed by atoms with Crippen LogP contribution in [0.1, 0.15) is 18.1 Å². The molecule has 2 aromatic rings. The first-order chi connectivity index (χ1) is 12.8. The predicted octanol–water partition coefficient (Wildman–Crippen LogP) is 3.91. The van der Waals surface area contributed by atoms with E-state index in [1.165, 1.54) is 14.0 Å². The number of amides is 1. The fraction of sp³-hybridized carbons (Fsp3) is 0.300. The lowest BCUT2D eigenvalue weighted by molar-refractivity contribution is -0.155. The van der Waals surface area contributed by atoms with Crippen LogP contribution < -0.4 is 14.8 Å². The number of rotatable bonds is 7. The number of anilines is 1. The zero-order valence-corrected chi connectivity index (χ0v) is 16.4. The van der Waals surface area contributed by atoms with Crippen LogP contribution in [0.4, 0.5) is 5.69 Å². The summed E-state index contributed by atoms with van der Waals surface area (Å²) >= 11 is 6.02. The molecule has 0 saturated heterocycles. The maximum atomic E-state index is 12.2. The van der Waals surface area contributed by atoms with Crippen molar-refractivity contribution in [2.24, 2.45) is 0 Å². The number of hydrogen-bond acceptors (Lipinski definition) is 5. The Bertz CT molecular complexity index is 817. The van der Waals surface area contributed by atoms with E-state index < -0.39 is 18.0 Å². The van der Waals surface area contributed by atoms with Crippen LogP contribution >= 0.6 is 11.6 Å². The highest BCUT2D eigenvalue weighted by Gasteiger charge is 2.19. The number of carbonyl (C=O) groups is 2. The Morgan fingerprint density at radius 3 is 2.41 bits per heavy atom. The third-order valence-corrected chi connectivity index (χ3v) is 4.14. The average molecular weight is 392 g/mol. The number of benzene rings is 2. The van der Waals surface area contributed by atoms with Crippen molar-refractivity contribution in [3.05, 3.63) is 52.5 Å². The SMILES string of the molecule is COc1ccc(NC(=O)[C@H](C)OC(=O)COc2c(C)cccc2C)cc1Cl. The van der Waals surface area contributed by atoms with Gasteiger partial charge in [0.25, 0.3) is 5.91 Å². The van der Waals surface area contributed by atoms with Gasteiger partial charge in [0.2, 0.25) is 0 Å². The maximum Gasteiger partial charge on any atom is 0.344 e. The zero-order chi connectivity index (χ0) is 20.0. The summed E-state index contributed by atoms with van der Waals surface area (Å²) in [6.07, 6.45) is -0.986. The highest BCUT2D eigenvalue weighted by atomic mass is 35.5. The Morgan fingerprint density at radius 2 is 1.81 bits per heavy atom. The van der Waals surface area contributed by atoms with Gasteiger partial charge in [-0.2, -0.15) is 0 Å². The second-order valence-corrected chi connectivity index (χ2v) is 6.39. The van der Waals surface area contributed by atoms with E-state index in [1.807, 2.05) is 32.0 Å². The molecule has 0 aliphatic rings. The van der Waals surface area contributed by atoms with Crippen LogP contribution in [0.2, 0.25) is 5.02 Å². The maximum absolute atomic E-state index is 12.2. The third-order valence-electron chi connectivity index (χ3n) is 3.84. The Morgan fingerprint density at radius 1 is 1.15 bits per heavy atom. The first-order valence-corrected chi connectivity index (χ1v) is 8.72. The summed E-state index contributed by atoms with van der Waals surface area (Å²) in [5.41, 5.74) is 2.32. The Balaban J connectivity index is 1.88. The highest BCUT2D eigenvalue weighted by Crippen LogP contribution is 2.27. The number of hydrogen-bond donors (Lipinski definition) is 1. The van der Waals surface area contributed by atoms with E-state index in [2.05, 4.69) is 5.32 Å². The van der Waals surface area contributed by atoms with Gasteiger partial charge in [0.15, 0.2) is 12.7 Å². The van der Waals surface area contributed by atoms with Crippen molar-refractivity contribution in [3.63, 3.8) is 0 Å². The standard InChI is InChI=1S/C20H22ClNO5/c1-12-6-5-7-13(2)19(12)26-11-18(23)27-14(3)20(24)22-15-8-9-17(25-4)16(21)10-15/h5-10,14H,11H2,1-4H3,(H,22,24)/t14-/m0/s1. The van der Waals surface area contributed by atoms with Crippen LogP contribution in [-0.4, -0.2) is 31.7 Å². The normalized spacial score (nSPS) is 11.4. The van der Waals surface area contributed by atoms with Gasteiger partial charge in [0.1, 0.15) is 11.5 Å². The molecule has 1 atom stereocenters. The molecule has 2 rings (SSSR count). The minimum Gasteiger partial charge on any atom is -0.495 e. The summed E-state index contributed by atoms with van der Waals surface area (Å²) < 4.78 is 15.7. The van der Waals surface area contributed by atoms with Gasteiger partial charge in [-0.1, -0.05) is 29.8 Å². The van der Waals surface area contributed by atoms with Gasteiger partial charge in [-0.3, -0.25) is 4.79 Å². The van der Waals surface area contributed by atoms with E-state index in [-0.39, 0.29) is 6.61 Å². The second kappa shape index (κ2) is 9.28. The van der Waals surface area contributed by atoms with Gasteiger partial charge >= 0.3 is 5.97 Å². The predicted molar refractivity (Wildman–Crippen MR) is 104 cm³/mol. The minimum absolute atomic E-state index is 0.280. The molecule has 0 spiro atoms. The molecule has 0 aliphatic carbocycles. The van der Waals surface area contributed by atoms with Gasteiger partial charge in [-0.15, -0.1) is 0 Å². The quantitative estimate of drug-likeness (QED) is 0.724. The molecule has 1 amide bonds. The van der Waals surface area contributed by atoms with E-state index in [9.17, 15) is 9.59 Å². The number of para-hydroxylation sites is 1. The Hall–Kier alpha value is -2.73. The molecule has 27 heavy (non-hydrogen) atoms. The van der Waals surface area contributed by atoms with Gasteiger partial charge in [0.05, 0.1) is 12.1 Å². The minimum atomic E-state index is -0.986. The van der Waals surface area contributed by atoms with E-state index in [1.54, 1.807) is 18.2 Å². The van der Waals surface area contributed by atoms with Crippen LogP contribution in [0.3, 0.4) is 0 Å². The molecular formula is C20H22ClNO5. The van der Waals surface area contributed by atoms with Gasteiger partial charge in [-0.05, 0) is 50.1 Å². The van der Waals surface area contributed by atoms with Crippen molar-refractivity contribution in [2.75, 3.05) is 19.0 Å². The number of carbonyl (C=O) groups excluding carboxylic acids is 2. The summed E-state index contributed by atoms with van der Waals surface area (Å²) in [7, 11) is 1.50. The number of aryl methyl sites for hydroxylation is 2. The fourth-order valence-corrected chi connectivity index (χ4v) is 2.69. The van der Waals surface area contributed by atoms with Crippen molar-refractivity contribution in [2.45, 2.75) is 26.9 Å². The van der Waals surface area contributed by atoms with Crippen LogP contribution in [0.5, 0.6) is 11.5 Å². The zero-order valence-electron chi connectivity index (χ0n) is 15.7. The molecule has 1 N–H and O–H groups in total. The molecule has 0 bridgehead atoms. The topological polar surface area (TPSA) is 73.9 Å². The van der Waals surface area contributed by atoms with Gasteiger partial charge in [-0.25, -0.2) is 4.79 Å². The van der Waals surface area contributed by atoms with Gasteiger partial charge < -0.3 is 19.5 Å². The van der Waals surface area contributed by atoms with Crippen molar-refractivity contribution in [1.29, 1.82) is 0 Å². The van der Waals surface area contributed by atoms with E-state index in [0.717, 1.165) is 11.1 Å². The smallest absolute Gasteiger partial charge is 0.344 e. The second-order valence-electron chi connectivity index (χ2n) is 5.98. The Labute approximate surface area is 163 Å². The van der Waals surface area contributed by atoms with Crippen LogP contribution in [0, 0.1) is 13.8 Å². The fourth-order valence-electron chi connectivity index (χ4n) is 2.43.